The minimum Gasteiger partial charge on any atom is -0.369 e. The molecule has 0 rings (SSSR count). The molecule has 2 N–H and O–H groups in total. The maximum Gasteiger partial charge on any atom is 0.221 e. The molecule has 1 atom stereocenters. The first kappa shape index (κ1) is 9.92. The molecular formula is C7H13N3O. The molecule has 0 saturated carbocycles. The summed E-state index contributed by atoms with van der Waals surface area (Å²) in [5.41, 5.74) is 5.03. The van der Waals surface area contributed by atoms with E-state index in [1.54, 1.807) is 18.9 Å². The van der Waals surface area contributed by atoms with E-state index in [0.29, 0.717) is 13.1 Å². The number of hydrogen-bond donors (Lipinski definition) is 1. The Balaban J connectivity index is 3.67. The molecular weight excluding hydrogens is 142 g/mol. The van der Waals surface area contributed by atoms with Gasteiger partial charge in [0.05, 0.1) is 12.6 Å². The summed E-state index contributed by atoms with van der Waals surface area (Å²) in [7, 11) is 1.78. The van der Waals surface area contributed by atoms with Gasteiger partial charge in [0.15, 0.2) is 0 Å². The van der Waals surface area contributed by atoms with E-state index in [9.17, 15) is 4.79 Å². The first-order chi connectivity index (χ1) is 5.07. The Morgan fingerprint density at radius 1 is 1.82 bits per heavy atom. The summed E-state index contributed by atoms with van der Waals surface area (Å²) in [6.07, 6.45) is 0. The van der Waals surface area contributed by atoms with Crippen molar-refractivity contribution < 1.29 is 4.79 Å². The molecule has 0 fully saturated rings. The molecule has 4 nitrogen and oxygen atoms in total. The average molecular weight is 155 g/mol. The van der Waals surface area contributed by atoms with E-state index in [1.807, 2.05) is 6.07 Å². The molecule has 1 amide bonds. The van der Waals surface area contributed by atoms with Crippen LogP contribution in [0.2, 0.25) is 0 Å². The Morgan fingerprint density at radius 3 is 2.73 bits per heavy atom. The van der Waals surface area contributed by atoms with Gasteiger partial charge in [-0.25, -0.2) is 0 Å². The van der Waals surface area contributed by atoms with E-state index in [4.69, 9.17) is 11.0 Å². The van der Waals surface area contributed by atoms with Crippen molar-refractivity contribution in [3.63, 3.8) is 0 Å². The maximum atomic E-state index is 10.6. The van der Waals surface area contributed by atoms with Crippen molar-refractivity contribution in [1.29, 1.82) is 5.26 Å². The van der Waals surface area contributed by atoms with Crippen LogP contribution in [0.5, 0.6) is 0 Å². The molecule has 0 aliphatic heterocycles. The van der Waals surface area contributed by atoms with E-state index in [-0.39, 0.29) is 11.8 Å². The predicted molar refractivity (Wildman–Crippen MR) is 41.5 cm³/mol. The fourth-order valence-electron chi connectivity index (χ4n) is 0.743. The van der Waals surface area contributed by atoms with E-state index >= 15 is 0 Å². The van der Waals surface area contributed by atoms with Crippen LogP contribution in [-0.4, -0.2) is 30.9 Å². The van der Waals surface area contributed by atoms with Crippen molar-refractivity contribution in [2.45, 2.75) is 6.92 Å². The van der Waals surface area contributed by atoms with Crippen LogP contribution < -0.4 is 5.73 Å². The van der Waals surface area contributed by atoms with Gasteiger partial charge in [-0.05, 0) is 7.05 Å². The topological polar surface area (TPSA) is 70.1 Å². The van der Waals surface area contributed by atoms with Crippen LogP contribution in [0.1, 0.15) is 6.92 Å². The van der Waals surface area contributed by atoms with Crippen molar-refractivity contribution in [2.75, 3.05) is 20.1 Å². The third-order valence-corrected chi connectivity index (χ3v) is 1.41. The third-order valence-electron chi connectivity index (χ3n) is 1.41. The van der Waals surface area contributed by atoms with Gasteiger partial charge in [0, 0.05) is 12.5 Å². The van der Waals surface area contributed by atoms with E-state index in [0.717, 1.165) is 0 Å². The molecule has 11 heavy (non-hydrogen) atoms. The van der Waals surface area contributed by atoms with Gasteiger partial charge in [-0.2, -0.15) is 5.26 Å². The normalized spacial score (nSPS) is 12.5. The SMILES string of the molecule is CC(CN(C)CC#N)C(N)=O. The number of rotatable bonds is 4. The van der Waals surface area contributed by atoms with Crippen LogP contribution in [0.3, 0.4) is 0 Å². The van der Waals surface area contributed by atoms with E-state index in [1.165, 1.54) is 0 Å². The second-order valence-corrected chi connectivity index (χ2v) is 2.66. The van der Waals surface area contributed by atoms with Crippen molar-refractivity contribution in [3.05, 3.63) is 0 Å². The summed E-state index contributed by atoms with van der Waals surface area (Å²) in [6, 6.07) is 1.99. The van der Waals surface area contributed by atoms with Gasteiger partial charge in [-0.15, -0.1) is 0 Å². The van der Waals surface area contributed by atoms with Gasteiger partial charge >= 0.3 is 0 Å². The summed E-state index contributed by atoms with van der Waals surface area (Å²) in [4.78, 5) is 12.3. The van der Waals surface area contributed by atoms with Gasteiger partial charge in [-0.1, -0.05) is 6.92 Å². The number of hydrogen-bond acceptors (Lipinski definition) is 3. The first-order valence-corrected chi connectivity index (χ1v) is 3.42. The Bertz CT molecular complexity index is 173. The van der Waals surface area contributed by atoms with Crippen LogP contribution in [0.25, 0.3) is 0 Å². The molecule has 0 aliphatic rings. The number of nitrogens with zero attached hydrogens (tertiary/aromatic N) is 2. The highest BCUT2D eigenvalue weighted by molar-refractivity contribution is 5.76. The standard InChI is InChI=1S/C7H13N3O/c1-6(7(9)11)5-10(2)4-3-8/h6H,4-5H2,1-2H3,(H2,9,11). The Hall–Kier alpha value is -1.08. The second-order valence-electron chi connectivity index (χ2n) is 2.66. The van der Waals surface area contributed by atoms with Crippen molar-refractivity contribution in [1.82, 2.24) is 4.90 Å². The Kier molecular flexibility index (Phi) is 4.23. The van der Waals surface area contributed by atoms with Crippen LogP contribution in [0, 0.1) is 17.2 Å². The molecule has 0 heterocycles. The number of nitriles is 1. The van der Waals surface area contributed by atoms with Gasteiger partial charge in [-0.3, -0.25) is 9.69 Å². The summed E-state index contributed by atoms with van der Waals surface area (Å²) in [5, 5.41) is 8.28. The molecule has 0 bridgehead atoms. The van der Waals surface area contributed by atoms with Gasteiger partial charge in [0.25, 0.3) is 0 Å². The lowest BCUT2D eigenvalue weighted by Crippen LogP contribution is -2.32. The van der Waals surface area contributed by atoms with Gasteiger partial charge in [0.1, 0.15) is 0 Å². The van der Waals surface area contributed by atoms with Crippen LogP contribution in [0.4, 0.5) is 0 Å². The van der Waals surface area contributed by atoms with Crippen LogP contribution in [0.15, 0.2) is 0 Å². The monoisotopic (exact) mass is 155 g/mol. The quantitative estimate of drug-likeness (QED) is 0.560. The summed E-state index contributed by atoms with van der Waals surface area (Å²) in [5.74, 6) is -0.511. The molecule has 0 saturated heterocycles. The molecule has 62 valence electrons. The lowest BCUT2D eigenvalue weighted by atomic mass is 10.1. The predicted octanol–water partition coefficient (Wildman–Crippen LogP) is -0.437. The molecule has 0 radical (unpaired) electrons. The maximum absolute atomic E-state index is 10.6. The molecule has 4 heteroatoms. The zero-order valence-corrected chi connectivity index (χ0v) is 6.87. The van der Waals surface area contributed by atoms with Gasteiger partial charge in [0.2, 0.25) is 5.91 Å². The first-order valence-electron chi connectivity index (χ1n) is 3.42. The third kappa shape index (κ3) is 4.34. The Labute approximate surface area is 66.6 Å². The minimum atomic E-state index is -0.324. The number of nitrogens with two attached hydrogens (primary N) is 1. The fraction of sp³-hybridized carbons (Fsp3) is 0.714. The molecule has 0 aromatic heterocycles. The lowest BCUT2D eigenvalue weighted by molar-refractivity contribution is -0.121. The average Bonchev–Trinajstić information content (AvgIpc) is 1.87. The fourth-order valence-corrected chi connectivity index (χ4v) is 0.743. The Morgan fingerprint density at radius 2 is 2.36 bits per heavy atom. The van der Waals surface area contributed by atoms with Crippen molar-refractivity contribution in [2.24, 2.45) is 11.7 Å². The largest absolute Gasteiger partial charge is 0.369 e. The van der Waals surface area contributed by atoms with Crippen LogP contribution >= 0.6 is 0 Å². The second kappa shape index (κ2) is 4.69. The molecule has 0 aromatic carbocycles. The highest BCUT2D eigenvalue weighted by Crippen LogP contribution is 1.95. The van der Waals surface area contributed by atoms with Crippen molar-refractivity contribution in [3.8, 4) is 6.07 Å². The number of carbonyl (C=O) groups is 1. The highest BCUT2D eigenvalue weighted by Gasteiger charge is 2.10. The zero-order chi connectivity index (χ0) is 8.85. The molecule has 0 aromatic rings. The van der Waals surface area contributed by atoms with Gasteiger partial charge < -0.3 is 5.73 Å². The van der Waals surface area contributed by atoms with Crippen molar-refractivity contribution >= 4 is 5.91 Å². The van der Waals surface area contributed by atoms with Crippen LogP contribution in [-0.2, 0) is 4.79 Å². The van der Waals surface area contributed by atoms with E-state index < -0.39 is 0 Å². The number of carbonyl (C=O) groups excluding carboxylic acids is 1. The molecule has 0 spiro atoms. The van der Waals surface area contributed by atoms with E-state index in [2.05, 4.69) is 0 Å². The minimum absolute atomic E-state index is 0.187. The summed E-state index contributed by atoms with van der Waals surface area (Å²) < 4.78 is 0. The zero-order valence-electron chi connectivity index (χ0n) is 6.87. The smallest absolute Gasteiger partial charge is 0.221 e. The summed E-state index contributed by atoms with van der Waals surface area (Å²) in [6.45, 7) is 2.62. The number of amides is 1. The molecule has 1 unspecified atom stereocenters. The highest BCUT2D eigenvalue weighted by atomic mass is 16.1. The summed E-state index contributed by atoms with van der Waals surface area (Å²) >= 11 is 0. The number of primary amides is 1. The lowest BCUT2D eigenvalue weighted by Gasteiger charge is -2.15. The molecule has 0 aliphatic carbocycles.